The average Bonchev–Trinajstić information content (AvgIpc) is 2.48. The predicted molar refractivity (Wildman–Crippen MR) is 79.1 cm³/mol. The van der Waals surface area contributed by atoms with Gasteiger partial charge >= 0.3 is 0 Å². The maximum absolute atomic E-state index is 6.34. The summed E-state index contributed by atoms with van der Waals surface area (Å²) >= 11 is 0. The number of rotatable bonds is 3. The molecule has 0 aliphatic carbocycles. The van der Waals surface area contributed by atoms with E-state index in [-0.39, 0.29) is 6.04 Å². The minimum atomic E-state index is 0.0766. The first kappa shape index (κ1) is 12.6. The highest BCUT2D eigenvalue weighted by Gasteiger charge is 2.18. The van der Waals surface area contributed by atoms with Crippen LogP contribution in [0.3, 0.4) is 0 Å². The molecule has 0 spiro atoms. The highest BCUT2D eigenvalue weighted by Crippen LogP contribution is 2.25. The summed E-state index contributed by atoms with van der Waals surface area (Å²) in [7, 11) is 0. The molecule has 2 nitrogen and oxygen atoms in total. The summed E-state index contributed by atoms with van der Waals surface area (Å²) in [5.41, 5.74) is 7.55. The van der Waals surface area contributed by atoms with Crippen molar-refractivity contribution in [3.05, 3.63) is 48.0 Å². The first-order chi connectivity index (χ1) is 9.33. The summed E-state index contributed by atoms with van der Waals surface area (Å²) in [4.78, 5) is 0. The fraction of sp³-hybridized carbons (Fsp3) is 0.412. The molecule has 2 atom stereocenters. The molecule has 2 unspecified atom stereocenters. The maximum atomic E-state index is 6.34. The Balaban J connectivity index is 1.75. The summed E-state index contributed by atoms with van der Waals surface area (Å²) in [6.07, 6.45) is 4.89. The van der Waals surface area contributed by atoms with Crippen molar-refractivity contribution in [2.24, 2.45) is 5.73 Å². The number of hydrogen-bond acceptors (Lipinski definition) is 2. The van der Waals surface area contributed by atoms with Crippen LogP contribution < -0.4 is 5.73 Å². The lowest BCUT2D eigenvalue weighted by molar-refractivity contribution is 0.00730. The molecule has 1 aliphatic heterocycles. The molecule has 0 aromatic heterocycles. The van der Waals surface area contributed by atoms with Crippen LogP contribution in [-0.4, -0.2) is 12.7 Å². The van der Waals surface area contributed by atoms with Gasteiger partial charge in [0, 0.05) is 12.6 Å². The van der Waals surface area contributed by atoms with E-state index in [1.165, 1.54) is 29.2 Å². The minimum Gasteiger partial charge on any atom is -0.378 e. The van der Waals surface area contributed by atoms with Gasteiger partial charge in [0.25, 0.3) is 0 Å². The monoisotopic (exact) mass is 255 g/mol. The number of nitrogens with two attached hydrogens (primary N) is 1. The van der Waals surface area contributed by atoms with Crippen LogP contribution in [0.5, 0.6) is 0 Å². The fourth-order valence-electron chi connectivity index (χ4n) is 2.85. The third-order valence-corrected chi connectivity index (χ3v) is 3.99. The molecule has 1 aliphatic rings. The van der Waals surface area contributed by atoms with E-state index in [2.05, 4.69) is 42.5 Å². The normalized spacial score (nSPS) is 21.4. The molecule has 0 radical (unpaired) electrons. The number of fused-ring (bicyclic) bond motifs is 1. The van der Waals surface area contributed by atoms with Crippen molar-refractivity contribution in [1.29, 1.82) is 0 Å². The summed E-state index contributed by atoms with van der Waals surface area (Å²) in [6.45, 7) is 0.898. The molecule has 100 valence electrons. The van der Waals surface area contributed by atoms with Gasteiger partial charge in [0.2, 0.25) is 0 Å². The zero-order valence-electron chi connectivity index (χ0n) is 11.2. The minimum absolute atomic E-state index is 0.0766. The lowest BCUT2D eigenvalue weighted by atomic mass is 9.95. The first-order valence-electron chi connectivity index (χ1n) is 7.19. The SMILES string of the molecule is NC(CC1CCCCO1)c1ccc2ccccc2c1. The quantitative estimate of drug-likeness (QED) is 0.905. The van der Waals surface area contributed by atoms with Gasteiger partial charge in [-0.05, 0) is 48.1 Å². The summed E-state index contributed by atoms with van der Waals surface area (Å²) in [6, 6.07) is 15.0. The molecule has 0 saturated carbocycles. The maximum Gasteiger partial charge on any atom is 0.0593 e. The summed E-state index contributed by atoms with van der Waals surface area (Å²) in [5, 5.41) is 2.53. The van der Waals surface area contributed by atoms with Crippen molar-refractivity contribution >= 4 is 10.8 Å². The van der Waals surface area contributed by atoms with Crippen LogP contribution in [0.2, 0.25) is 0 Å². The molecular formula is C17H21NO. The Hall–Kier alpha value is -1.38. The van der Waals surface area contributed by atoms with Gasteiger partial charge in [0.05, 0.1) is 6.10 Å². The average molecular weight is 255 g/mol. The zero-order valence-corrected chi connectivity index (χ0v) is 11.2. The van der Waals surface area contributed by atoms with Gasteiger partial charge in [-0.15, -0.1) is 0 Å². The number of benzene rings is 2. The van der Waals surface area contributed by atoms with E-state index in [0.717, 1.165) is 19.4 Å². The van der Waals surface area contributed by atoms with Gasteiger partial charge in [0.15, 0.2) is 0 Å². The van der Waals surface area contributed by atoms with E-state index < -0.39 is 0 Å². The molecule has 3 rings (SSSR count). The Kier molecular flexibility index (Phi) is 3.81. The Morgan fingerprint density at radius 1 is 1.11 bits per heavy atom. The molecule has 1 saturated heterocycles. The van der Waals surface area contributed by atoms with E-state index >= 15 is 0 Å². The highest BCUT2D eigenvalue weighted by atomic mass is 16.5. The number of hydrogen-bond donors (Lipinski definition) is 1. The molecule has 1 heterocycles. The van der Waals surface area contributed by atoms with Crippen LogP contribution in [0.15, 0.2) is 42.5 Å². The van der Waals surface area contributed by atoms with Crippen LogP contribution in [0.25, 0.3) is 10.8 Å². The molecular weight excluding hydrogens is 234 g/mol. The van der Waals surface area contributed by atoms with Crippen molar-refractivity contribution in [2.45, 2.75) is 37.8 Å². The van der Waals surface area contributed by atoms with E-state index in [0.29, 0.717) is 6.10 Å². The fourth-order valence-corrected chi connectivity index (χ4v) is 2.85. The van der Waals surface area contributed by atoms with Crippen molar-refractivity contribution in [1.82, 2.24) is 0 Å². The second-order valence-electron chi connectivity index (χ2n) is 5.44. The van der Waals surface area contributed by atoms with Crippen LogP contribution >= 0.6 is 0 Å². The highest BCUT2D eigenvalue weighted by molar-refractivity contribution is 5.83. The first-order valence-corrected chi connectivity index (χ1v) is 7.19. The van der Waals surface area contributed by atoms with Crippen LogP contribution in [0, 0.1) is 0 Å². The van der Waals surface area contributed by atoms with Crippen molar-refractivity contribution in [3.63, 3.8) is 0 Å². The lowest BCUT2D eigenvalue weighted by Gasteiger charge is -2.25. The van der Waals surface area contributed by atoms with Gasteiger partial charge in [0.1, 0.15) is 0 Å². The topological polar surface area (TPSA) is 35.2 Å². The van der Waals surface area contributed by atoms with E-state index in [1.54, 1.807) is 0 Å². The Morgan fingerprint density at radius 3 is 2.74 bits per heavy atom. The van der Waals surface area contributed by atoms with Crippen molar-refractivity contribution < 1.29 is 4.74 Å². The van der Waals surface area contributed by atoms with Gasteiger partial charge in [-0.25, -0.2) is 0 Å². The molecule has 0 amide bonds. The number of ether oxygens (including phenoxy) is 1. The van der Waals surface area contributed by atoms with E-state index in [1.807, 2.05) is 0 Å². The zero-order chi connectivity index (χ0) is 13.1. The third kappa shape index (κ3) is 2.96. The van der Waals surface area contributed by atoms with Crippen LogP contribution in [0.4, 0.5) is 0 Å². The second-order valence-corrected chi connectivity index (χ2v) is 5.44. The third-order valence-electron chi connectivity index (χ3n) is 3.99. The molecule has 2 aromatic rings. The standard InChI is InChI=1S/C17H21NO/c18-17(12-16-7-3-4-10-19-16)15-9-8-13-5-1-2-6-14(13)11-15/h1-2,5-6,8-9,11,16-17H,3-4,7,10,12,18H2. The Labute approximate surface area is 114 Å². The van der Waals surface area contributed by atoms with Gasteiger partial charge in [-0.2, -0.15) is 0 Å². The van der Waals surface area contributed by atoms with Gasteiger partial charge < -0.3 is 10.5 Å². The molecule has 19 heavy (non-hydrogen) atoms. The van der Waals surface area contributed by atoms with E-state index in [9.17, 15) is 0 Å². The Morgan fingerprint density at radius 2 is 1.95 bits per heavy atom. The van der Waals surface area contributed by atoms with Crippen molar-refractivity contribution in [2.75, 3.05) is 6.61 Å². The predicted octanol–water partition coefficient (Wildman–Crippen LogP) is 3.80. The van der Waals surface area contributed by atoms with Crippen LogP contribution in [0.1, 0.15) is 37.3 Å². The largest absolute Gasteiger partial charge is 0.378 e. The molecule has 2 heteroatoms. The smallest absolute Gasteiger partial charge is 0.0593 e. The van der Waals surface area contributed by atoms with Gasteiger partial charge in [-0.1, -0.05) is 36.4 Å². The van der Waals surface area contributed by atoms with Crippen molar-refractivity contribution in [3.8, 4) is 0 Å². The summed E-state index contributed by atoms with van der Waals surface area (Å²) < 4.78 is 5.78. The second kappa shape index (κ2) is 5.72. The molecule has 2 aromatic carbocycles. The lowest BCUT2D eigenvalue weighted by Crippen LogP contribution is -2.24. The molecule has 2 N–H and O–H groups in total. The molecule has 1 fully saturated rings. The summed E-state index contributed by atoms with van der Waals surface area (Å²) in [5.74, 6) is 0. The molecule has 0 bridgehead atoms. The Bertz CT molecular complexity index is 546. The van der Waals surface area contributed by atoms with Gasteiger partial charge in [-0.3, -0.25) is 0 Å². The van der Waals surface area contributed by atoms with Crippen LogP contribution in [-0.2, 0) is 4.74 Å². The van der Waals surface area contributed by atoms with E-state index in [4.69, 9.17) is 10.5 Å².